The zero-order chi connectivity index (χ0) is 22.5. The lowest BCUT2D eigenvalue weighted by molar-refractivity contribution is -0.359. The van der Waals surface area contributed by atoms with E-state index in [2.05, 4.69) is 30.1 Å². The number of phosphoric acid groups is 3. The van der Waals surface area contributed by atoms with Crippen molar-refractivity contribution >= 4 is 41.4 Å². The highest BCUT2D eigenvalue weighted by Crippen LogP contribution is 2.73. The largest absolute Gasteiger partial charge is 0.756 e. The van der Waals surface area contributed by atoms with Crippen molar-refractivity contribution in [1.29, 1.82) is 0 Å². The molecule has 0 bridgehead atoms. The Labute approximate surface area is 150 Å². The summed E-state index contributed by atoms with van der Waals surface area (Å²) in [6, 6.07) is 0. The molecule has 1 aliphatic heterocycles. The van der Waals surface area contributed by atoms with E-state index < -0.39 is 41.4 Å². The highest BCUT2D eigenvalue weighted by atomic mass is 31.3. The minimum Gasteiger partial charge on any atom is -0.756 e. The van der Waals surface area contributed by atoms with Crippen molar-refractivity contribution < 1.29 is 88.2 Å². The molecule has 1 aliphatic rings. The summed E-state index contributed by atoms with van der Waals surface area (Å²) in [6.45, 7) is -0.0833. The van der Waals surface area contributed by atoms with Crippen molar-refractivity contribution in [2.45, 2.75) is 0 Å². The lowest BCUT2D eigenvalue weighted by atomic mass is 10.7. The van der Waals surface area contributed by atoms with E-state index in [9.17, 15) is 42.8 Å². The summed E-state index contributed by atoms with van der Waals surface area (Å²) < 4.78 is 40.3. The molecule has 1 fully saturated rings. The fourth-order valence-electron chi connectivity index (χ4n) is 0.412. The molecule has 12 N–H and O–H groups in total. The molecule has 1 saturated heterocycles. The van der Waals surface area contributed by atoms with Crippen LogP contribution in [0.3, 0.4) is 0 Å². The maximum absolute atomic E-state index is 10.2. The Balaban J connectivity index is -0.000000323. The van der Waals surface area contributed by atoms with E-state index in [0.717, 1.165) is 0 Å². The molecule has 21 heteroatoms. The second-order valence-corrected chi connectivity index (χ2v) is 8.16. The van der Waals surface area contributed by atoms with E-state index in [0.29, 0.717) is 0 Å². The first kappa shape index (κ1) is 30.5. The van der Waals surface area contributed by atoms with Gasteiger partial charge in [0.05, 0.1) is 0 Å². The molecule has 0 aliphatic carbocycles. The van der Waals surface area contributed by atoms with Crippen LogP contribution in [0.15, 0.2) is 0 Å². The predicted molar refractivity (Wildman–Crippen MR) is 72.2 cm³/mol. The van der Waals surface area contributed by atoms with Crippen LogP contribution in [0.2, 0.25) is 0 Å². The van der Waals surface area contributed by atoms with Crippen molar-refractivity contribution in [2.75, 3.05) is 19.6 Å². The van der Waals surface area contributed by atoms with Gasteiger partial charge < -0.3 is 47.2 Å². The van der Waals surface area contributed by atoms with Gasteiger partial charge in [-0.2, -0.15) is 0 Å². The summed E-state index contributed by atoms with van der Waals surface area (Å²) in [5, 5.41) is 23.0. The smallest absolute Gasteiger partial charge is 0.359 e. The Morgan fingerprint density at radius 1 is 0.630 bits per heavy atom. The molecule has 0 aromatic carbocycles. The van der Waals surface area contributed by atoms with Crippen molar-refractivity contribution in [2.24, 2.45) is 0 Å². The molecule has 1 rings (SSSR count). The summed E-state index contributed by atoms with van der Waals surface area (Å²) in [5.74, 6) is -2.57. The van der Waals surface area contributed by atoms with E-state index in [4.69, 9.17) is 15.3 Å². The number of carboxylic acid groups (broad SMARTS) is 3. The average Bonchev–Trinajstić information content (AvgIpc) is 2.43. The first-order valence-corrected chi connectivity index (χ1v) is 10.4. The topological polar surface area (TPSA) is 343 Å². The Kier molecular flexibility index (Phi) is 15.6. The third-order valence-electron chi connectivity index (χ3n) is 1.24. The molecule has 0 unspecified atom stereocenters. The van der Waals surface area contributed by atoms with E-state index in [1.54, 1.807) is 0 Å². The van der Waals surface area contributed by atoms with Gasteiger partial charge in [-0.25, -0.2) is 27.3 Å². The number of rotatable bonds is 3. The van der Waals surface area contributed by atoms with Crippen molar-refractivity contribution in [3.05, 3.63) is 0 Å². The van der Waals surface area contributed by atoms with Crippen LogP contribution in [0.5, 0.6) is 0 Å². The van der Waals surface area contributed by atoms with E-state index in [1.165, 1.54) is 0 Å². The van der Waals surface area contributed by atoms with Gasteiger partial charge in [0.15, 0.2) is 19.6 Å². The molecule has 18 nitrogen and oxygen atoms in total. The van der Waals surface area contributed by atoms with Crippen molar-refractivity contribution in [3.63, 3.8) is 0 Å². The quantitative estimate of drug-likeness (QED) is 0.211. The lowest BCUT2D eigenvalue weighted by Gasteiger charge is -2.41. The first-order chi connectivity index (χ1) is 11.9. The summed E-state index contributed by atoms with van der Waals surface area (Å²) >= 11 is 0. The fourth-order valence-corrected chi connectivity index (χ4v) is 4.51. The van der Waals surface area contributed by atoms with Gasteiger partial charge in [0.2, 0.25) is 0 Å². The zero-order valence-corrected chi connectivity index (χ0v) is 16.0. The van der Waals surface area contributed by atoms with Gasteiger partial charge in [-0.3, -0.25) is 13.7 Å². The third-order valence-corrected chi connectivity index (χ3v) is 6.04. The van der Waals surface area contributed by atoms with Gasteiger partial charge in [0, 0.05) is 0 Å². The molecular weight excluding hydrogens is 447 g/mol. The van der Waals surface area contributed by atoms with Crippen LogP contribution >= 0.6 is 23.5 Å². The Bertz CT molecular complexity index is 533. The molecular formula is C6H18N3O15P3. The van der Waals surface area contributed by atoms with Crippen LogP contribution in [0.25, 0.3) is 0 Å². The SMILES string of the molecule is O=P1([O-])OP(=O)([O-])OP(=O)([O-])O1.[NH3+]CC(=O)O.[NH3+]CC(=O)O.[NH3+]CC(=O)O. The number of hydrogen-bond donors (Lipinski definition) is 6. The molecule has 0 amide bonds. The maximum atomic E-state index is 10.2. The molecule has 0 saturated carbocycles. The summed E-state index contributed by atoms with van der Waals surface area (Å²) in [6.07, 6.45) is 0. The minimum absolute atomic E-state index is 0.0278. The Hall–Kier alpha value is -1.26. The van der Waals surface area contributed by atoms with Crippen LogP contribution in [-0.4, -0.2) is 52.9 Å². The highest BCUT2D eigenvalue weighted by molar-refractivity contribution is 7.73. The predicted octanol–water partition coefficient (Wildman–Crippen LogP) is -6.61. The van der Waals surface area contributed by atoms with E-state index in [-0.39, 0.29) is 19.6 Å². The number of hydrogen-bond acceptors (Lipinski definition) is 12. The molecule has 27 heavy (non-hydrogen) atoms. The van der Waals surface area contributed by atoms with Gasteiger partial charge >= 0.3 is 17.9 Å². The van der Waals surface area contributed by atoms with Crippen molar-refractivity contribution in [3.8, 4) is 0 Å². The number of quaternary nitrogens is 3. The monoisotopic (exact) mass is 465 g/mol. The molecule has 1 heterocycles. The second-order valence-electron chi connectivity index (χ2n) is 3.52. The van der Waals surface area contributed by atoms with Crippen LogP contribution in [0.1, 0.15) is 0 Å². The summed E-state index contributed by atoms with van der Waals surface area (Å²) in [7, 11) is -16.1. The van der Waals surface area contributed by atoms with E-state index >= 15 is 0 Å². The standard InChI is InChI=1S/3C2H5NO2.H3O9P3/c3*3-1-2(4)5;1-10(2)7-11(3,4)9-12(5,6)8-10/h3*1,3H2,(H,4,5);(H,1,2)(H,3,4)(H,5,6). The zero-order valence-electron chi connectivity index (χ0n) is 13.3. The first-order valence-electron chi connectivity index (χ1n) is 6.03. The number of carboxylic acids is 3. The van der Waals surface area contributed by atoms with Gasteiger partial charge in [0.25, 0.3) is 23.5 Å². The fraction of sp³-hybridized carbons (Fsp3) is 0.500. The van der Waals surface area contributed by atoms with E-state index in [1.807, 2.05) is 0 Å². The maximum Gasteiger partial charge on any atom is 0.359 e. The Morgan fingerprint density at radius 2 is 0.741 bits per heavy atom. The number of aliphatic carboxylic acids is 3. The lowest BCUT2D eigenvalue weighted by Crippen LogP contribution is -2.54. The third kappa shape index (κ3) is 24.7. The van der Waals surface area contributed by atoms with Gasteiger partial charge in [-0.05, 0) is 0 Å². The van der Waals surface area contributed by atoms with Gasteiger partial charge in [0.1, 0.15) is 0 Å². The molecule has 162 valence electrons. The highest BCUT2D eigenvalue weighted by Gasteiger charge is 2.35. The van der Waals surface area contributed by atoms with Gasteiger partial charge in [-0.15, -0.1) is 0 Å². The molecule has 0 atom stereocenters. The molecule has 0 radical (unpaired) electrons. The second kappa shape index (κ2) is 13.8. The van der Waals surface area contributed by atoms with Crippen LogP contribution < -0.4 is 31.9 Å². The average molecular weight is 465 g/mol. The molecule has 0 spiro atoms. The molecule has 0 aromatic heterocycles. The summed E-state index contributed by atoms with van der Waals surface area (Å²) in [5.41, 5.74) is 9.26. The molecule has 0 aromatic rings. The van der Waals surface area contributed by atoms with Crippen LogP contribution in [0.4, 0.5) is 0 Å². The Morgan fingerprint density at radius 3 is 0.815 bits per heavy atom. The van der Waals surface area contributed by atoms with Crippen molar-refractivity contribution in [1.82, 2.24) is 0 Å². The van der Waals surface area contributed by atoms with Crippen LogP contribution in [0, 0.1) is 0 Å². The van der Waals surface area contributed by atoms with Gasteiger partial charge in [-0.1, -0.05) is 0 Å². The minimum atomic E-state index is -5.36. The summed E-state index contributed by atoms with van der Waals surface area (Å²) in [4.78, 5) is 58.6. The normalized spacial score (nSPS) is 28.7. The number of carbonyl (C=O) groups is 3. The van der Waals surface area contributed by atoms with Crippen LogP contribution in [-0.2, 0) is 41.0 Å².